The summed E-state index contributed by atoms with van der Waals surface area (Å²) in [6.07, 6.45) is 1.08. The minimum absolute atomic E-state index is 0.150. The summed E-state index contributed by atoms with van der Waals surface area (Å²) in [4.78, 5) is 12.5. The van der Waals surface area contributed by atoms with Crippen LogP contribution in [-0.4, -0.2) is 44.5 Å². The largest absolute Gasteiger partial charge is 0.381 e. The molecule has 6 heteroatoms. The van der Waals surface area contributed by atoms with E-state index in [4.69, 9.17) is 19.9 Å². The van der Waals surface area contributed by atoms with E-state index in [1.54, 1.807) is 0 Å². The Bertz CT molecular complexity index is 542. The smallest absolute Gasteiger partial charge is 0.244 e. The number of amides is 1. The zero-order chi connectivity index (χ0) is 17.4. The Morgan fingerprint density at radius 1 is 1.29 bits per heavy atom. The van der Waals surface area contributed by atoms with Gasteiger partial charge in [0.2, 0.25) is 5.91 Å². The molecule has 0 saturated carbocycles. The van der Waals surface area contributed by atoms with E-state index < -0.39 is 5.54 Å². The van der Waals surface area contributed by atoms with Gasteiger partial charge in [0.25, 0.3) is 0 Å². The van der Waals surface area contributed by atoms with Crippen LogP contribution in [0.2, 0.25) is 0 Å². The molecule has 0 spiro atoms. The van der Waals surface area contributed by atoms with Crippen molar-refractivity contribution in [1.82, 2.24) is 0 Å². The molecule has 1 amide bonds. The second kappa shape index (κ2) is 9.13. The van der Waals surface area contributed by atoms with Crippen molar-refractivity contribution in [3.05, 3.63) is 29.3 Å². The molecule has 0 aromatic heterocycles. The molecule has 0 bridgehead atoms. The first-order valence-corrected chi connectivity index (χ1v) is 8.49. The van der Waals surface area contributed by atoms with Crippen LogP contribution in [0.4, 0.5) is 5.69 Å². The number of rotatable bonds is 8. The number of anilines is 1. The molecule has 134 valence electrons. The van der Waals surface area contributed by atoms with E-state index in [1.807, 2.05) is 32.0 Å². The summed E-state index contributed by atoms with van der Waals surface area (Å²) < 4.78 is 16.2. The summed E-state index contributed by atoms with van der Waals surface area (Å²) >= 11 is 0. The van der Waals surface area contributed by atoms with Crippen LogP contribution in [0.25, 0.3) is 0 Å². The fraction of sp³-hybridized carbons (Fsp3) is 0.611. The predicted octanol–water partition coefficient (Wildman–Crippen LogP) is 1.99. The lowest BCUT2D eigenvalue weighted by Crippen LogP contribution is -2.54. The van der Waals surface area contributed by atoms with Gasteiger partial charge < -0.3 is 25.3 Å². The molecule has 0 radical (unpaired) electrons. The molecular weight excluding hydrogens is 308 g/mol. The molecule has 1 aromatic carbocycles. The molecule has 1 aliphatic heterocycles. The minimum Gasteiger partial charge on any atom is -0.381 e. The Morgan fingerprint density at radius 3 is 2.71 bits per heavy atom. The highest BCUT2D eigenvalue weighted by Gasteiger charge is 2.36. The zero-order valence-electron chi connectivity index (χ0n) is 14.6. The molecule has 0 aliphatic carbocycles. The van der Waals surface area contributed by atoms with Crippen LogP contribution in [0, 0.1) is 6.92 Å². The zero-order valence-corrected chi connectivity index (χ0v) is 14.6. The maximum absolute atomic E-state index is 12.5. The van der Waals surface area contributed by atoms with E-state index in [9.17, 15) is 4.79 Å². The van der Waals surface area contributed by atoms with Gasteiger partial charge in [0.15, 0.2) is 0 Å². The summed E-state index contributed by atoms with van der Waals surface area (Å²) in [7, 11) is 0. The SMILES string of the molecule is CCOCCOCc1cccc(NC(=O)C2(N)CCOCC2)c1C. The Morgan fingerprint density at radius 2 is 2.00 bits per heavy atom. The number of carbonyl (C=O) groups is 1. The topological polar surface area (TPSA) is 82.8 Å². The van der Waals surface area contributed by atoms with Crippen LogP contribution in [0.1, 0.15) is 30.9 Å². The van der Waals surface area contributed by atoms with E-state index in [1.165, 1.54) is 0 Å². The monoisotopic (exact) mass is 336 g/mol. The first-order chi connectivity index (χ1) is 11.6. The average molecular weight is 336 g/mol. The van der Waals surface area contributed by atoms with Gasteiger partial charge in [-0.05, 0) is 43.9 Å². The van der Waals surface area contributed by atoms with Crippen molar-refractivity contribution in [2.24, 2.45) is 5.73 Å². The maximum atomic E-state index is 12.5. The molecule has 6 nitrogen and oxygen atoms in total. The number of benzene rings is 1. The maximum Gasteiger partial charge on any atom is 0.244 e. The Balaban J connectivity index is 1.95. The Labute approximate surface area is 143 Å². The fourth-order valence-electron chi connectivity index (χ4n) is 2.63. The summed E-state index contributed by atoms with van der Waals surface area (Å²) in [5.74, 6) is -0.150. The van der Waals surface area contributed by atoms with E-state index in [0.29, 0.717) is 52.5 Å². The van der Waals surface area contributed by atoms with Crippen molar-refractivity contribution in [3.63, 3.8) is 0 Å². The van der Waals surface area contributed by atoms with Crippen molar-refractivity contribution >= 4 is 11.6 Å². The molecule has 0 atom stereocenters. The second-order valence-electron chi connectivity index (χ2n) is 6.06. The van der Waals surface area contributed by atoms with Crippen molar-refractivity contribution < 1.29 is 19.0 Å². The average Bonchev–Trinajstić information content (AvgIpc) is 2.58. The number of ether oxygens (including phenoxy) is 3. The van der Waals surface area contributed by atoms with Gasteiger partial charge in [0.1, 0.15) is 5.54 Å². The van der Waals surface area contributed by atoms with E-state index >= 15 is 0 Å². The van der Waals surface area contributed by atoms with Gasteiger partial charge >= 0.3 is 0 Å². The Kier molecular flexibility index (Phi) is 7.17. The highest BCUT2D eigenvalue weighted by Crippen LogP contribution is 2.24. The lowest BCUT2D eigenvalue weighted by atomic mass is 9.90. The molecule has 1 aliphatic rings. The standard InChI is InChI=1S/C18H28N2O4/c1-3-22-11-12-24-13-15-5-4-6-16(14(15)2)20-17(21)18(19)7-9-23-10-8-18/h4-6H,3,7-13,19H2,1-2H3,(H,20,21). The molecule has 1 saturated heterocycles. The van der Waals surface area contributed by atoms with Crippen molar-refractivity contribution in [2.75, 3.05) is 38.4 Å². The van der Waals surface area contributed by atoms with Crippen molar-refractivity contribution in [1.29, 1.82) is 0 Å². The quantitative estimate of drug-likeness (QED) is 0.710. The molecular formula is C18H28N2O4. The first-order valence-electron chi connectivity index (χ1n) is 8.49. The first kappa shape index (κ1) is 18.9. The van der Waals surface area contributed by atoms with Crippen LogP contribution in [-0.2, 0) is 25.6 Å². The fourth-order valence-corrected chi connectivity index (χ4v) is 2.63. The molecule has 24 heavy (non-hydrogen) atoms. The van der Waals surface area contributed by atoms with Crippen LogP contribution >= 0.6 is 0 Å². The van der Waals surface area contributed by atoms with Gasteiger partial charge in [0, 0.05) is 25.5 Å². The van der Waals surface area contributed by atoms with Crippen molar-refractivity contribution in [3.8, 4) is 0 Å². The van der Waals surface area contributed by atoms with Crippen molar-refractivity contribution in [2.45, 2.75) is 38.8 Å². The van der Waals surface area contributed by atoms with E-state index in [2.05, 4.69) is 5.32 Å². The third kappa shape index (κ3) is 5.01. The van der Waals surface area contributed by atoms with Gasteiger partial charge in [0.05, 0.1) is 19.8 Å². The molecule has 1 heterocycles. The summed E-state index contributed by atoms with van der Waals surface area (Å²) in [6.45, 7) is 7.30. The van der Waals surface area contributed by atoms with E-state index in [-0.39, 0.29) is 5.91 Å². The van der Waals surface area contributed by atoms with Gasteiger partial charge in [-0.2, -0.15) is 0 Å². The van der Waals surface area contributed by atoms with E-state index in [0.717, 1.165) is 16.8 Å². The Hall–Kier alpha value is -1.47. The normalized spacial score (nSPS) is 16.8. The molecule has 1 aromatic rings. The molecule has 3 N–H and O–H groups in total. The molecule has 0 unspecified atom stereocenters. The number of nitrogens with one attached hydrogen (secondary N) is 1. The number of carbonyl (C=O) groups excluding carboxylic acids is 1. The highest BCUT2D eigenvalue weighted by molar-refractivity contribution is 5.98. The van der Waals surface area contributed by atoms with Crippen LogP contribution in [0.5, 0.6) is 0 Å². The summed E-state index contributed by atoms with van der Waals surface area (Å²) in [5.41, 5.74) is 8.20. The minimum atomic E-state index is -0.852. The lowest BCUT2D eigenvalue weighted by molar-refractivity contribution is -0.124. The predicted molar refractivity (Wildman–Crippen MR) is 92.9 cm³/mol. The summed E-state index contributed by atoms with van der Waals surface area (Å²) in [5, 5.41) is 2.97. The second-order valence-corrected chi connectivity index (χ2v) is 6.06. The highest BCUT2D eigenvalue weighted by atomic mass is 16.5. The third-order valence-electron chi connectivity index (χ3n) is 4.37. The third-order valence-corrected chi connectivity index (χ3v) is 4.37. The number of hydrogen-bond donors (Lipinski definition) is 2. The number of nitrogens with two attached hydrogens (primary N) is 1. The van der Waals surface area contributed by atoms with Gasteiger partial charge in [-0.3, -0.25) is 4.79 Å². The number of hydrogen-bond acceptors (Lipinski definition) is 5. The van der Waals surface area contributed by atoms with Gasteiger partial charge in [-0.15, -0.1) is 0 Å². The lowest BCUT2D eigenvalue weighted by Gasteiger charge is -2.32. The van der Waals surface area contributed by atoms with Crippen LogP contribution in [0.3, 0.4) is 0 Å². The van der Waals surface area contributed by atoms with Gasteiger partial charge in [-0.1, -0.05) is 12.1 Å². The van der Waals surface area contributed by atoms with Crippen LogP contribution < -0.4 is 11.1 Å². The molecule has 2 rings (SSSR count). The summed E-state index contributed by atoms with van der Waals surface area (Å²) in [6, 6.07) is 5.80. The van der Waals surface area contributed by atoms with Gasteiger partial charge in [-0.25, -0.2) is 0 Å². The molecule has 1 fully saturated rings. The van der Waals surface area contributed by atoms with Crippen LogP contribution in [0.15, 0.2) is 18.2 Å².